The molecule has 112 valence electrons. The van der Waals surface area contributed by atoms with Crippen LogP contribution in [-0.4, -0.2) is 31.2 Å². The summed E-state index contributed by atoms with van der Waals surface area (Å²) >= 11 is 0. The molecule has 1 rings (SSSR count). The van der Waals surface area contributed by atoms with Gasteiger partial charge in [0.2, 0.25) is 0 Å². The predicted octanol–water partition coefficient (Wildman–Crippen LogP) is 2.51. The van der Waals surface area contributed by atoms with E-state index in [4.69, 9.17) is 9.47 Å². The van der Waals surface area contributed by atoms with E-state index in [1.165, 1.54) is 13.2 Å². The van der Waals surface area contributed by atoms with Gasteiger partial charge in [0.05, 0.1) is 18.6 Å². The van der Waals surface area contributed by atoms with E-state index in [1.807, 2.05) is 0 Å². The minimum absolute atomic E-state index is 0.0323. The largest absolute Gasteiger partial charge is 0.490 e. The summed E-state index contributed by atoms with van der Waals surface area (Å²) in [6.45, 7) is 6.08. The third-order valence-electron chi connectivity index (χ3n) is 2.73. The third kappa shape index (κ3) is 5.54. The van der Waals surface area contributed by atoms with Gasteiger partial charge in [-0.05, 0) is 24.6 Å². The number of methoxy groups -OCH3 is 1. The molecule has 0 aliphatic carbocycles. The highest BCUT2D eigenvalue weighted by molar-refractivity contribution is 5.48. The van der Waals surface area contributed by atoms with Crippen LogP contribution in [0.2, 0.25) is 0 Å². The van der Waals surface area contributed by atoms with Crippen LogP contribution in [0.3, 0.4) is 0 Å². The molecule has 0 aliphatic rings. The van der Waals surface area contributed by atoms with Gasteiger partial charge in [0, 0.05) is 18.7 Å². The molecule has 0 saturated heterocycles. The summed E-state index contributed by atoms with van der Waals surface area (Å²) in [5.41, 5.74) is 0.740. The maximum atomic E-state index is 10.9. The summed E-state index contributed by atoms with van der Waals surface area (Å²) in [5.74, 6) is 0.264. The standard InChI is InChI=1S/C14H22N2O4/c1-11(2)15-7-4-8-20-10-12-5-6-14(19-3)13(9-12)16(17)18/h5-6,9,11,15H,4,7-8,10H2,1-3H3. The predicted molar refractivity (Wildman–Crippen MR) is 77.1 cm³/mol. The lowest BCUT2D eigenvalue weighted by Gasteiger charge is -2.09. The van der Waals surface area contributed by atoms with E-state index >= 15 is 0 Å². The Morgan fingerprint density at radius 3 is 2.75 bits per heavy atom. The zero-order chi connectivity index (χ0) is 15.0. The normalized spacial score (nSPS) is 10.8. The quantitative estimate of drug-likeness (QED) is 0.428. The molecule has 1 N–H and O–H groups in total. The second-order valence-electron chi connectivity index (χ2n) is 4.78. The number of benzene rings is 1. The number of nitro benzene ring substituents is 1. The topological polar surface area (TPSA) is 73.6 Å². The van der Waals surface area contributed by atoms with Crippen molar-refractivity contribution >= 4 is 5.69 Å². The zero-order valence-corrected chi connectivity index (χ0v) is 12.2. The van der Waals surface area contributed by atoms with Crippen LogP contribution < -0.4 is 10.1 Å². The van der Waals surface area contributed by atoms with Crippen molar-refractivity contribution in [2.75, 3.05) is 20.3 Å². The number of rotatable bonds is 9. The minimum atomic E-state index is -0.450. The fraction of sp³-hybridized carbons (Fsp3) is 0.571. The van der Waals surface area contributed by atoms with Gasteiger partial charge in [-0.2, -0.15) is 0 Å². The lowest BCUT2D eigenvalue weighted by atomic mass is 10.2. The van der Waals surface area contributed by atoms with Crippen molar-refractivity contribution in [3.63, 3.8) is 0 Å². The number of nitro groups is 1. The van der Waals surface area contributed by atoms with Crippen LogP contribution in [0.25, 0.3) is 0 Å². The van der Waals surface area contributed by atoms with E-state index in [1.54, 1.807) is 12.1 Å². The Hall–Kier alpha value is -1.66. The van der Waals surface area contributed by atoms with E-state index in [-0.39, 0.29) is 11.4 Å². The fourth-order valence-electron chi connectivity index (χ4n) is 1.72. The van der Waals surface area contributed by atoms with Crippen molar-refractivity contribution in [2.24, 2.45) is 0 Å². The first-order valence-electron chi connectivity index (χ1n) is 6.67. The Morgan fingerprint density at radius 2 is 2.15 bits per heavy atom. The fourth-order valence-corrected chi connectivity index (χ4v) is 1.72. The number of nitrogens with one attached hydrogen (secondary N) is 1. The van der Waals surface area contributed by atoms with Gasteiger partial charge < -0.3 is 14.8 Å². The van der Waals surface area contributed by atoms with Crippen molar-refractivity contribution < 1.29 is 14.4 Å². The van der Waals surface area contributed by atoms with Gasteiger partial charge in [0.15, 0.2) is 5.75 Å². The first-order valence-corrected chi connectivity index (χ1v) is 6.67. The third-order valence-corrected chi connectivity index (χ3v) is 2.73. The maximum Gasteiger partial charge on any atom is 0.311 e. The van der Waals surface area contributed by atoms with Crippen molar-refractivity contribution in [1.82, 2.24) is 5.32 Å². The molecule has 1 aromatic rings. The van der Waals surface area contributed by atoms with Crippen LogP contribution in [0.4, 0.5) is 5.69 Å². The van der Waals surface area contributed by atoms with Crippen molar-refractivity contribution in [3.05, 3.63) is 33.9 Å². The summed E-state index contributed by atoms with van der Waals surface area (Å²) in [6, 6.07) is 5.33. The number of ether oxygens (including phenoxy) is 2. The molecule has 0 aliphatic heterocycles. The number of hydrogen-bond donors (Lipinski definition) is 1. The highest BCUT2D eigenvalue weighted by Gasteiger charge is 2.14. The lowest BCUT2D eigenvalue weighted by molar-refractivity contribution is -0.385. The van der Waals surface area contributed by atoms with Crippen molar-refractivity contribution in [1.29, 1.82) is 0 Å². The Morgan fingerprint density at radius 1 is 1.40 bits per heavy atom. The molecule has 0 unspecified atom stereocenters. The molecule has 0 fully saturated rings. The van der Waals surface area contributed by atoms with Crippen LogP contribution in [0.15, 0.2) is 18.2 Å². The van der Waals surface area contributed by atoms with Gasteiger partial charge in [0.1, 0.15) is 0 Å². The van der Waals surface area contributed by atoms with Gasteiger partial charge in [0.25, 0.3) is 0 Å². The van der Waals surface area contributed by atoms with Crippen LogP contribution >= 0.6 is 0 Å². The van der Waals surface area contributed by atoms with Gasteiger partial charge in [-0.25, -0.2) is 0 Å². The van der Waals surface area contributed by atoms with Crippen LogP contribution in [-0.2, 0) is 11.3 Å². The maximum absolute atomic E-state index is 10.9. The highest BCUT2D eigenvalue weighted by Crippen LogP contribution is 2.27. The summed E-state index contributed by atoms with van der Waals surface area (Å²) < 4.78 is 10.5. The van der Waals surface area contributed by atoms with E-state index in [9.17, 15) is 10.1 Å². The van der Waals surface area contributed by atoms with Gasteiger partial charge in [-0.1, -0.05) is 19.9 Å². The molecule has 0 saturated carbocycles. The SMILES string of the molecule is COc1ccc(COCCCNC(C)C)cc1[N+](=O)[O-]. The Kier molecular flexibility index (Phi) is 6.97. The first-order chi connectivity index (χ1) is 9.54. The number of hydrogen-bond acceptors (Lipinski definition) is 5. The van der Waals surface area contributed by atoms with Gasteiger partial charge in [-0.3, -0.25) is 10.1 Å². The van der Waals surface area contributed by atoms with E-state index < -0.39 is 4.92 Å². The molecule has 6 heteroatoms. The molecule has 0 spiro atoms. The molecular weight excluding hydrogens is 260 g/mol. The molecule has 1 aromatic carbocycles. The van der Waals surface area contributed by atoms with E-state index in [0.717, 1.165) is 18.5 Å². The highest BCUT2D eigenvalue weighted by atomic mass is 16.6. The minimum Gasteiger partial charge on any atom is -0.490 e. The summed E-state index contributed by atoms with van der Waals surface area (Å²) in [7, 11) is 1.42. The molecule has 0 atom stereocenters. The van der Waals surface area contributed by atoms with Crippen LogP contribution in [0.1, 0.15) is 25.8 Å². The first kappa shape index (κ1) is 16.4. The molecular formula is C14H22N2O4. The van der Waals surface area contributed by atoms with E-state index in [0.29, 0.717) is 19.3 Å². The Balaban J connectivity index is 2.41. The Bertz CT molecular complexity index is 435. The molecule has 20 heavy (non-hydrogen) atoms. The molecule has 0 amide bonds. The Labute approximate surface area is 119 Å². The smallest absolute Gasteiger partial charge is 0.311 e. The second kappa shape index (κ2) is 8.50. The second-order valence-corrected chi connectivity index (χ2v) is 4.78. The average molecular weight is 282 g/mol. The lowest BCUT2D eigenvalue weighted by Crippen LogP contribution is -2.24. The average Bonchev–Trinajstić information content (AvgIpc) is 2.42. The monoisotopic (exact) mass is 282 g/mol. The molecule has 6 nitrogen and oxygen atoms in total. The van der Waals surface area contributed by atoms with Crippen molar-refractivity contribution in [3.8, 4) is 5.75 Å². The summed E-state index contributed by atoms with van der Waals surface area (Å²) in [6.07, 6.45) is 0.913. The molecule has 0 bridgehead atoms. The molecule has 0 radical (unpaired) electrons. The van der Waals surface area contributed by atoms with Crippen molar-refractivity contribution in [2.45, 2.75) is 32.9 Å². The van der Waals surface area contributed by atoms with Crippen LogP contribution in [0, 0.1) is 10.1 Å². The molecule has 0 aromatic heterocycles. The summed E-state index contributed by atoms with van der Waals surface area (Å²) in [5, 5.41) is 14.2. The number of nitrogens with zero attached hydrogens (tertiary/aromatic N) is 1. The van der Waals surface area contributed by atoms with E-state index in [2.05, 4.69) is 19.2 Å². The van der Waals surface area contributed by atoms with Gasteiger partial charge in [-0.15, -0.1) is 0 Å². The molecule has 0 heterocycles. The van der Waals surface area contributed by atoms with Crippen LogP contribution in [0.5, 0.6) is 5.75 Å². The van der Waals surface area contributed by atoms with Gasteiger partial charge >= 0.3 is 5.69 Å². The summed E-state index contributed by atoms with van der Waals surface area (Å²) in [4.78, 5) is 10.4. The zero-order valence-electron chi connectivity index (χ0n) is 12.2.